The van der Waals surface area contributed by atoms with Gasteiger partial charge in [-0.15, -0.1) is 0 Å². The first-order valence-electron chi connectivity index (χ1n) is 10.1. The number of Topliss-reactive ketones (excluding diaryl/α,β-unsaturated/α-hetero) is 1. The van der Waals surface area contributed by atoms with Crippen molar-refractivity contribution in [2.24, 2.45) is 17.3 Å². The average molecular weight is 381 g/mol. The van der Waals surface area contributed by atoms with Crippen molar-refractivity contribution >= 4 is 17.4 Å². The monoisotopic (exact) mass is 380 g/mol. The first-order valence-corrected chi connectivity index (χ1v) is 10.5. The summed E-state index contributed by atoms with van der Waals surface area (Å²) in [6, 6.07) is 11.8. The predicted octanol–water partition coefficient (Wildman–Crippen LogP) is 6.14. The summed E-state index contributed by atoms with van der Waals surface area (Å²) in [7, 11) is 0. The molecule has 2 saturated carbocycles. The fourth-order valence-electron chi connectivity index (χ4n) is 6.37. The lowest BCUT2D eigenvalue weighted by Gasteiger charge is -2.48. The van der Waals surface area contributed by atoms with Crippen molar-refractivity contribution < 1.29 is 9.90 Å². The molecule has 3 aliphatic carbocycles. The van der Waals surface area contributed by atoms with Crippen molar-refractivity contribution in [3.63, 3.8) is 0 Å². The van der Waals surface area contributed by atoms with Crippen LogP contribution < -0.4 is 0 Å². The van der Waals surface area contributed by atoms with Gasteiger partial charge in [-0.05, 0) is 84.7 Å². The lowest BCUT2D eigenvalue weighted by molar-refractivity contribution is -0.129. The van der Waals surface area contributed by atoms with Crippen LogP contribution in [0.15, 0.2) is 36.4 Å². The molecule has 0 aliphatic heterocycles. The van der Waals surface area contributed by atoms with E-state index >= 15 is 0 Å². The molecule has 3 aliphatic rings. The van der Waals surface area contributed by atoms with E-state index < -0.39 is 0 Å². The van der Waals surface area contributed by atoms with Gasteiger partial charge in [-0.25, -0.2) is 0 Å². The Bertz CT molecular complexity index is 917. The van der Waals surface area contributed by atoms with Gasteiger partial charge in [0.05, 0.1) is 0 Å². The lowest BCUT2D eigenvalue weighted by atomic mass is 9.55. The molecule has 2 nitrogen and oxygen atoms in total. The first kappa shape index (κ1) is 17.3. The van der Waals surface area contributed by atoms with Crippen LogP contribution in [0.25, 0.3) is 11.1 Å². The molecule has 0 bridgehead atoms. The van der Waals surface area contributed by atoms with Crippen molar-refractivity contribution in [3.8, 4) is 16.9 Å². The van der Waals surface area contributed by atoms with Gasteiger partial charge in [0, 0.05) is 22.4 Å². The lowest BCUT2D eigenvalue weighted by Crippen LogP contribution is -2.42. The van der Waals surface area contributed by atoms with E-state index in [1.807, 2.05) is 30.3 Å². The summed E-state index contributed by atoms with van der Waals surface area (Å²) in [5.41, 5.74) is 4.61. The number of halogens is 1. The SMILES string of the molecule is C[C@]12CC[C@@H]3c4ccc(O)c(-c5ccc(Cl)cc5)c4CC[C@H]3[C@@H]1CCC2=O. The zero-order valence-electron chi connectivity index (χ0n) is 15.7. The number of hydrogen-bond acceptors (Lipinski definition) is 2. The summed E-state index contributed by atoms with van der Waals surface area (Å²) < 4.78 is 0. The van der Waals surface area contributed by atoms with E-state index in [0.717, 1.165) is 49.7 Å². The molecule has 0 spiro atoms. The van der Waals surface area contributed by atoms with Gasteiger partial charge in [0.2, 0.25) is 0 Å². The van der Waals surface area contributed by atoms with E-state index in [9.17, 15) is 9.90 Å². The third-order valence-electron chi connectivity index (χ3n) is 7.73. The Morgan fingerprint density at radius 2 is 1.81 bits per heavy atom. The van der Waals surface area contributed by atoms with E-state index in [1.165, 1.54) is 11.1 Å². The molecular weight excluding hydrogens is 356 g/mol. The molecule has 0 saturated heterocycles. The highest BCUT2D eigenvalue weighted by molar-refractivity contribution is 6.30. The van der Waals surface area contributed by atoms with Crippen LogP contribution in [0, 0.1) is 17.3 Å². The summed E-state index contributed by atoms with van der Waals surface area (Å²) in [6.07, 6.45) is 6.02. The zero-order chi connectivity index (χ0) is 18.8. The Balaban J connectivity index is 1.58. The number of benzene rings is 2. The molecular formula is C24H25ClO2. The minimum Gasteiger partial charge on any atom is -0.507 e. The number of carbonyl (C=O) groups is 1. The Morgan fingerprint density at radius 3 is 2.59 bits per heavy atom. The highest BCUT2D eigenvalue weighted by Crippen LogP contribution is 2.60. The summed E-state index contributed by atoms with van der Waals surface area (Å²) >= 11 is 6.06. The van der Waals surface area contributed by atoms with Crippen LogP contribution in [-0.2, 0) is 11.2 Å². The van der Waals surface area contributed by atoms with Gasteiger partial charge >= 0.3 is 0 Å². The van der Waals surface area contributed by atoms with Crippen molar-refractivity contribution in [1.82, 2.24) is 0 Å². The van der Waals surface area contributed by atoms with E-state index in [4.69, 9.17) is 11.6 Å². The summed E-state index contributed by atoms with van der Waals surface area (Å²) in [4.78, 5) is 12.5. The maximum Gasteiger partial charge on any atom is 0.139 e. The Labute approximate surface area is 165 Å². The third-order valence-corrected chi connectivity index (χ3v) is 7.99. The van der Waals surface area contributed by atoms with Gasteiger partial charge in [0.15, 0.2) is 0 Å². The zero-order valence-corrected chi connectivity index (χ0v) is 16.4. The number of aromatic hydroxyl groups is 1. The number of phenolic OH excluding ortho intramolecular Hbond substituents is 1. The normalized spacial score (nSPS) is 31.9. The molecule has 0 heterocycles. The minimum absolute atomic E-state index is 0.0887. The molecule has 0 aromatic heterocycles. The Kier molecular flexibility index (Phi) is 3.91. The van der Waals surface area contributed by atoms with Crippen LogP contribution in [0.1, 0.15) is 56.1 Å². The van der Waals surface area contributed by atoms with E-state index in [-0.39, 0.29) is 5.41 Å². The predicted molar refractivity (Wildman–Crippen MR) is 108 cm³/mol. The Morgan fingerprint density at radius 1 is 1.04 bits per heavy atom. The molecule has 0 amide bonds. The topological polar surface area (TPSA) is 37.3 Å². The standard InChI is InChI=1S/C24H25ClO2/c1-24-13-12-17-16-8-10-21(26)23(14-2-4-15(25)5-3-14)19(16)7-6-18(17)20(24)9-11-22(24)27/h2-5,8,10,17-18,20,26H,6-7,9,11-13H2,1H3/t17-,18-,20+,24+/m1/s1. The van der Waals surface area contributed by atoms with Crippen LogP contribution in [-0.4, -0.2) is 10.9 Å². The average Bonchev–Trinajstić information content (AvgIpc) is 2.97. The summed E-state index contributed by atoms with van der Waals surface area (Å²) in [6.45, 7) is 2.22. The number of rotatable bonds is 1. The van der Waals surface area contributed by atoms with Crippen molar-refractivity contribution in [2.75, 3.05) is 0 Å². The van der Waals surface area contributed by atoms with Gasteiger partial charge in [-0.3, -0.25) is 4.79 Å². The second-order valence-corrected chi connectivity index (χ2v) is 9.30. The molecule has 27 heavy (non-hydrogen) atoms. The molecule has 2 aromatic carbocycles. The smallest absolute Gasteiger partial charge is 0.139 e. The van der Waals surface area contributed by atoms with Crippen LogP contribution in [0.3, 0.4) is 0 Å². The van der Waals surface area contributed by atoms with E-state index in [2.05, 4.69) is 13.0 Å². The number of ketones is 1. The van der Waals surface area contributed by atoms with Crippen LogP contribution in [0.4, 0.5) is 0 Å². The largest absolute Gasteiger partial charge is 0.507 e. The molecule has 5 rings (SSSR count). The molecule has 3 heteroatoms. The highest BCUT2D eigenvalue weighted by atomic mass is 35.5. The molecule has 140 valence electrons. The van der Waals surface area contributed by atoms with E-state index in [1.54, 1.807) is 0 Å². The number of hydrogen-bond donors (Lipinski definition) is 1. The fourth-order valence-corrected chi connectivity index (χ4v) is 6.49. The van der Waals surface area contributed by atoms with Gasteiger partial charge in [-0.1, -0.05) is 36.7 Å². The molecule has 2 aromatic rings. The molecule has 2 fully saturated rings. The van der Waals surface area contributed by atoms with Crippen LogP contribution in [0.2, 0.25) is 5.02 Å². The maximum absolute atomic E-state index is 12.5. The van der Waals surface area contributed by atoms with Gasteiger partial charge in [-0.2, -0.15) is 0 Å². The summed E-state index contributed by atoms with van der Waals surface area (Å²) in [5.74, 6) is 2.50. The first-order chi connectivity index (χ1) is 13.0. The van der Waals surface area contributed by atoms with Crippen molar-refractivity contribution in [3.05, 3.63) is 52.5 Å². The van der Waals surface area contributed by atoms with Crippen LogP contribution >= 0.6 is 11.6 Å². The number of phenols is 1. The third kappa shape index (κ3) is 2.49. The molecule has 0 unspecified atom stereocenters. The second kappa shape index (κ2) is 6.10. The van der Waals surface area contributed by atoms with Crippen molar-refractivity contribution in [1.29, 1.82) is 0 Å². The maximum atomic E-state index is 12.5. The van der Waals surface area contributed by atoms with Crippen molar-refractivity contribution in [2.45, 2.75) is 51.4 Å². The Hall–Kier alpha value is -1.80. The minimum atomic E-state index is -0.0887. The number of carbonyl (C=O) groups excluding carboxylic acids is 1. The molecule has 1 N–H and O–H groups in total. The highest BCUT2D eigenvalue weighted by Gasteiger charge is 2.54. The number of fused-ring (bicyclic) bond motifs is 5. The van der Waals surface area contributed by atoms with Gasteiger partial charge < -0.3 is 5.11 Å². The quantitative estimate of drug-likeness (QED) is 0.645. The molecule has 4 atom stereocenters. The van der Waals surface area contributed by atoms with Crippen LogP contribution in [0.5, 0.6) is 5.75 Å². The van der Waals surface area contributed by atoms with Gasteiger partial charge in [0.25, 0.3) is 0 Å². The fraction of sp³-hybridized carbons (Fsp3) is 0.458. The van der Waals surface area contributed by atoms with E-state index in [0.29, 0.717) is 34.3 Å². The van der Waals surface area contributed by atoms with Gasteiger partial charge in [0.1, 0.15) is 11.5 Å². The summed E-state index contributed by atoms with van der Waals surface area (Å²) in [5, 5.41) is 11.3. The second-order valence-electron chi connectivity index (χ2n) is 8.87. The molecule has 0 radical (unpaired) electrons.